The predicted octanol–water partition coefficient (Wildman–Crippen LogP) is 7.78. The summed E-state index contributed by atoms with van der Waals surface area (Å²) in [6.45, 7) is 2.12. The lowest BCUT2D eigenvalue weighted by molar-refractivity contribution is 0.339. The van der Waals surface area contributed by atoms with Crippen LogP contribution in [-0.2, 0) is 0 Å². The Bertz CT molecular complexity index is 1430. The summed E-state index contributed by atoms with van der Waals surface area (Å²) in [5.41, 5.74) is 6.05. The number of rotatable bonds is 3. The summed E-state index contributed by atoms with van der Waals surface area (Å²) >= 11 is 0. The average molecular weight is 442 g/mol. The van der Waals surface area contributed by atoms with Gasteiger partial charge in [-0.2, -0.15) is 0 Å². The molecule has 1 saturated heterocycles. The molecule has 1 aliphatic carbocycles. The summed E-state index contributed by atoms with van der Waals surface area (Å²) in [5, 5.41) is 2.39. The van der Waals surface area contributed by atoms with E-state index in [9.17, 15) is 0 Å². The molecule has 34 heavy (non-hydrogen) atoms. The molecule has 0 amide bonds. The minimum Gasteiger partial charge on any atom is -0.456 e. The number of furan rings is 1. The third-order valence-corrected chi connectivity index (χ3v) is 7.96. The van der Waals surface area contributed by atoms with Gasteiger partial charge in [-0.05, 0) is 41.2 Å². The van der Waals surface area contributed by atoms with Crippen molar-refractivity contribution in [1.29, 1.82) is 0 Å². The first-order chi connectivity index (χ1) is 16.8. The second-order valence-corrected chi connectivity index (χ2v) is 9.77. The summed E-state index contributed by atoms with van der Waals surface area (Å²) in [6.07, 6.45) is 4.94. The highest BCUT2D eigenvalue weighted by Gasteiger charge is 2.43. The van der Waals surface area contributed by atoms with Gasteiger partial charge in [0, 0.05) is 47.5 Å². The van der Waals surface area contributed by atoms with Crippen LogP contribution in [0.3, 0.4) is 0 Å². The lowest BCUT2D eigenvalue weighted by Crippen LogP contribution is -2.28. The minimum atomic E-state index is 0.450. The summed E-state index contributed by atoms with van der Waals surface area (Å²) in [7, 11) is 0. The van der Waals surface area contributed by atoms with E-state index in [0.717, 1.165) is 24.3 Å². The van der Waals surface area contributed by atoms with Crippen LogP contribution < -0.4 is 4.90 Å². The van der Waals surface area contributed by atoms with Crippen molar-refractivity contribution in [3.8, 4) is 0 Å². The second-order valence-electron chi connectivity index (χ2n) is 9.77. The Morgan fingerprint density at radius 2 is 1.12 bits per heavy atom. The summed E-state index contributed by atoms with van der Waals surface area (Å²) in [6, 6.07) is 37.2. The maximum absolute atomic E-state index is 6.21. The number of para-hydroxylation sites is 1. The lowest BCUT2D eigenvalue weighted by atomic mass is 9.68. The van der Waals surface area contributed by atoms with Crippen molar-refractivity contribution in [2.45, 2.75) is 11.8 Å². The van der Waals surface area contributed by atoms with Gasteiger partial charge in [-0.25, -0.2) is 0 Å². The zero-order chi connectivity index (χ0) is 22.5. The highest BCUT2D eigenvalue weighted by atomic mass is 16.3. The van der Waals surface area contributed by atoms with Crippen molar-refractivity contribution >= 4 is 27.6 Å². The van der Waals surface area contributed by atoms with E-state index < -0.39 is 0 Å². The van der Waals surface area contributed by atoms with Crippen LogP contribution in [-0.4, -0.2) is 13.1 Å². The number of hydrogen-bond acceptors (Lipinski definition) is 2. The molecule has 2 heterocycles. The molecule has 4 aromatic carbocycles. The van der Waals surface area contributed by atoms with Crippen LogP contribution in [0, 0.1) is 11.8 Å². The van der Waals surface area contributed by atoms with Gasteiger partial charge in [-0.1, -0.05) is 91.0 Å². The van der Waals surface area contributed by atoms with Crippen LogP contribution in [0.4, 0.5) is 5.69 Å². The van der Waals surface area contributed by atoms with Crippen molar-refractivity contribution in [3.05, 3.63) is 126 Å². The molecule has 0 radical (unpaired) electrons. The fourth-order valence-electron chi connectivity index (χ4n) is 6.33. The first-order valence-electron chi connectivity index (χ1n) is 12.3. The molecular formula is C32H27NO. The molecule has 166 valence electrons. The number of fused-ring (bicyclic) bond motifs is 4. The normalized spacial score (nSPS) is 24.1. The van der Waals surface area contributed by atoms with Gasteiger partial charge in [0.2, 0.25) is 0 Å². The third-order valence-electron chi connectivity index (χ3n) is 7.96. The molecule has 1 aromatic heterocycles. The molecule has 0 bridgehead atoms. The molecule has 4 atom stereocenters. The van der Waals surface area contributed by atoms with E-state index in [1.54, 1.807) is 0 Å². The zero-order valence-electron chi connectivity index (χ0n) is 19.0. The fourth-order valence-corrected chi connectivity index (χ4v) is 6.33. The summed E-state index contributed by atoms with van der Waals surface area (Å²) < 4.78 is 6.21. The Morgan fingerprint density at radius 3 is 1.76 bits per heavy atom. The Morgan fingerprint density at radius 1 is 0.559 bits per heavy atom. The smallest absolute Gasteiger partial charge is 0.137 e. The monoisotopic (exact) mass is 441 g/mol. The minimum absolute atomic E-state index is 0.450. The standard InChI is InChI=1S/C32H27NO/c1-3-9-22(10-4-1)25-17-18-26(23-11-5-2-6-12-23)30-21-33(20-29(25)30)24-15-16-28-27-13-7-8-14-31(27)34-32(28)19-24/h1-19,25-26,29-30H,20-21H2. The topological polar surface area (TPSA) is 16.4 Å². The number of hydrogen-bond donors (Lipinski definition) is 0. The van der Waals surface area contributed by atoms with Crippen LogP contribution >= 0.6 is 0 Å². The molecule has 2 heteroatoms. The van der Waals surface area contributed by atoms with E-state index in [2.05, 4.69) is 114 Å². The molecule has 0 saturated carbocycles. The Labute approximate surface area is 200 Å². The van der Waals surface area contributed by atoms with Crippen molar-refractivity contribution in [1.82, 2.24) is 0 Å². The SMILES string of the molecule is C1=CC(c2ccccc2)C2CN(c3ccc4c(c3)oc3ccccc34)CC2C1c1ccccc1. The quantitative estimate of drug-likeness (QED) is 0.266. The molecule has 1 fully saturated rings. The summed E-state index contributed by atoms with van der Waals surface area (Å²) in [4.78, 5) is 2.58. The maximum Gasteiger partial charge on any atom is 0.137 e. The van der Waals surface area contributed by atoms with Gasteiger partial charge in [0.15, 0.2) is 0 Å². The number of allylic oxidation sites excluding steroid dienone is 2. The lowest BCUT2D eigenvalue weighted by Gasteiger charge is -2.35. The highest BCUT2D eigenvalue weighted by molar-refractivity contribution is 6.05. The molecule has 1 aliphatic heterocycles. The number of nitrogens with zero attached hydrogens (tertiary/aromatic N) is 1. The molecule has 0 N–H and O–H groups in total. The first-order valence-corrected chi connectivity index (χ1v) is 12.3. The third kappa shape index (κ3) is 3.17. The Kier molecular flexibility index (Phi) is 4.58. The van der Waals surface area contributed by atoms with Gasteiger partial charge < -0.3 is 9.32 Å². The number of anilines is 1. The molecule has 4 unspecified atom stereocenters. The molecule has 2 aliphatic rings. The van der Waals surface area contributed by atoms with Crippen LogP contribution in [0.15, 0.2) is 120 Å². The van der Waals surface area contributed by atoms with Gasteiger partial charge in [-0.3, -0.25) is 0 Å². The number of benzene rings is 4. The van der Waals surface area contributed by atoms with Crippen LogP contribution in [0.5, 0.6) is 0 Å². The largest absolute Gasteiger partial charge is 0.456 e. The average Bonchev–Trinajstić information content (AvgIpc) is 3.51. The summed E-state index contributed by atoms with van der Waals surface area (Å²) in [5.74, 6) is 2.05. The van der Waals surface area contributed by atoms with Crippen molar-refractivity contribution in [3.63, 3.8) is 0 Å². The van der Waals surface area contributed by atoms with E-state index in [-0.39, 0.29) is 0 Å². The van der Waals surface area contributed by atoms with Crippen molar-refractivity contribution in [2.75, 3.05) is 18.0 Å². The molecular weight excluding hydrogens is 414 g/mol. The van der Waals surface area contributed by atoms with Crippen molar-refractivity contribution in [2.24, 2.45) is 11.8 Å². The van der Waals surface area contributed by atoms with Crippen LogP contribution in [0.25, 0.3) is 21.9 Å². The van der Waals surface area contributed by atoms with E-state index in [0.29, 0.717) is 23.7 Å². The molecule has 2 nitrogen and oxygen atoms in total. The van der Waals surface area contributed by atoms with E-state index in [4.69, 9.17) is 4.42 Å². The molecule has 7 rings (SSSR count). The molecule has 0 spiro atoms. The highest BCUT2D eigenvalue weighted by Crippen LogP contribution is 2.49. The second kappa shape index (κ2) is 7.92. The van der Waals surface area contributed by atoms with Gasteiger partial charge in [-0.15, -0.1) is 0 Å². The first kappa shape index (κ1) is 19.7. The molecule has 5 aromatic rings. The van der Waals surface area contributed by atoms with E-state index in [1.165, 1.54) is 27.6 Å². The Hall–Kier alpha value is -3.78. The maximum atomic E-state index is 6.21. The van der Waals surface area contributed by atoms with Gasteiger partial charge in [0.05, 0.1) is 0 Å². The van der Waals surface area contributed by atoms with E-state index in [1.807, 2.05) is 6.07 Å². The van der Waals surface area contributed by atoms with Crippen LogP contribution in [0.2, 0.25) is 0 Å². The fraction of sp³-hybridized carbons (Fsp3) is 0.188. The predicted molar refractivity (Wildman–Crippen MR) is 140 cm³/mol. The van der Waals surface area contributed by atoms with Crippen molar-refractivity contribution < 1.29 is 4.42 Å². The van der Waals surface area contributed by atoms with E-state index >= 15 is 0 Å². The van der Waals surface area contributed by atoms with Gasteiger partial charge in [0.1, 0.15) is 11.2 Å². The zero-order valence-corrected chi connectivity index (χ0v) is 19.0. The van der Waals surface area contributed by atoms with Gasteiger partial charge in [0.25, 0.3) is 0 Å². The Balaban J connectivity index is 1.28. The van der Waals surface area contributed by atoms with Gasteiger partial charge >= 0.3 is 0 Å². The van der Waals surface area contributed by atoms with Crippen LogP contribution in [0.1, 0.15) is 23.0 Å².